The van der Waals surface area contributed by atoms with Gasteiger partial charge in [0.25, 0.3) is 0 Å². The molecule has 14 heavy (non-hydrogen) atoms. The SMILES string of the molecule is Cc1cccc(C(C)C)c1CNC=O. The summed E-state index contributed by atoms with van der Waals surface area (Å²) in [4.78, 5) is 10.3. The summed E-state index contributed by atoms with van der Waals surface area (Å²) >= 11 is 0. The minimum absolute atomic E-state index is 0.498. The molecule has 76 valence electrons. The average Bonchev–Trinajstić information content (AvgIpc) is 2.15. The number of hydrogen-bond acceptors (Lipinski definition) is 1. The summed E-state index contributed by atoms with van der Waals surface area (Å²) in [5.41, 5.74) is 3.81. The molecule has 0 aliphatic heterocycles. The molecule has 1 rings (SSSR count). The molecule has 0 heterocycles. The van der Waals surface area contributed by atoms with Crippen molar-refractivity contribution in [2.24, 2.45) is 0 Å². The van der Waals surface area contributed by atoms with E-state index in [1.165, 1.54) is 16.7 Å². The zero-order chi connectivity index (χ0) is 10.6. The van der Waals surface area contributed by atoms with Crippen LogP contribution in [0, 0.1) is 6.92 Å². The molecule has 1 amide bonds. The Hall–Kier alpha value is -1.31. The van der Waals surface area contributed by atoms with Crippen LogP contribution in [-0.4, -0.2) is 6.41 Å². The highest BCUT2D eigenvalue weighted by molar-refractivity contribution is 5.47. The second kappa shape index (κ2) is 4.80. The van der Waals surface area contributed by atoms with Gasteiger partial charge in [-0.05, 0) is 29.5 Å². The van der Waals surface area contributed by atoms with Crippen LogP contribution in [0.3, 0.4) is 0 Å². The zero-order valence-electron chi connectivity index (χ0n) is 9.00. The van der Waals surface area contributed by atoms with Crippen molar-refractivity contribution in [1.82, 2.24) is 5.32 Å². The van der Waals surface area contributed by atoms with Crippen molar-refractivity contribution >= 4 is 6.41 Å². The van der Waals surface area contributed by atoms with E-state index in [0.29, 0.717) is 12.5 Å². The molecule has 1 aromatic carbocycles. The summed E-state index contributed by atoms with van der Waals surface area (Å²) < 4.78 is 0. The van der Waals surface area contributed by atoms with Crippen LogP contribution in [0.15, 0.2) is 18.2 Å². The molecule has 0 unspecified atom stereocenters. The van der Waals surface area contributed by atoms with E-state index in [2.05, 4.69) is 44.3 Å². The molecule has 0 aliphatic carbocycles. The second-order valence-corrected chi connectivity index (χ2v) is 3.80. The summed E-state index contributed by atoms with van der Waals surface area (Å²) in [6.07, 6.45) is 0.747. The lowest BCUT2D eigenvalue weighted by Crippen LogP contribution is -2.13. The number of carbonyl (C=O) groups excluding carboxylic acids is 1. The van der Waals surface area contributed by atoms with Crippen LogP contribution in [0.2, 0.25) is 0 Å². The Morgan fingerprint density at radius 2 is 2.14 bits per heavy atom. The number of benzene rings is 1. The Kier molecular flexibility index (Phi) is 3.69. The Bertz CT molecular complexity index is 318. The molecule has 0 spiro atoms. The fourth-order valence-electron chi connectivity index (χ4n) is 1.65. The lowest BCUT2D eigenvalue weighted by atomic mass is 9.94. The van der Waals surface area contributed by atoms with Gasteiger partial charge in [-0.15, -0.1) is 0 Å². The minimum Gasteiger partial charge on any atom is -0.355 e. The molecule has 1 N–H and O–H groups in total. The van der Waals surface area contributed by atoms with Gasteiger partial charge >= 0.3 is 0 Å². The molecule has 2 nitrogen and oxygen atoms in total. The topological polar surface area (TPSA) is 29.1 Å². The summed E-state index contributed by atoms with van der Waals surface area (Å²) in [6, 6.07) is 6.27. The molecule has 0 fully saturated rings. The predicted octanol–water partition coefficient (Wildman–Crippen LogP) is 2.36. The van der Waals surface area contributed by atoms with Crippen LogP contribution in [0.1, 0.15) is 36.5 Å². The summed E-state index contributed by atoms with van der Waals surface area (Å²) in [6.45, 7) is 7.04. The number of amides is 1. The predicted molar refractivity (Wildman–Crippen MR) is 58.2 cm³/mol. The maximum absolute atomic E-state index is 10.3. The third-order valence-electron chi connectivity index (χ3n) is 2.43. The first-order chi connectivity index (χ1) is 6.66. The zero-order valence-corrected chi connectivity index (χ0v) is 9.00. The van der Waals surface area contributed by atoms with Crippen molar-refractivity contribution in [2.45, 2.75) is 33.2 Å². The van der Waals surface area contributed by atoms with Gasteiger partial charge < -0.3 is 5.32 Å². The van der Waals surface area contributed by atoms with E-state index < -0.39 is 0 Å². The van der Waals surface area contributed by atoms with Gasteiger partial charge in [0, 0.05) is 6.54 Å². The standard InChI is InChI=1S/C12H17NO/c1-9(2)11-6-4-5-10(3)12(11)7-13-8-14/h4-6,8-9H,7H2,1-3H3,(H,13,14). The molecule has 0 saturated carbocycles. The van der Waals surface area contributed by atoms with Crippen LogP contribution in [0.5, 0.6) is 0 Å². The molecule has 1 aromatic rings. The first-order valence-corrected chi connectivity index (χ1v) is 4.92. The number of nitrogens with one attached hydrogen (secondary N) is 1. The fraction of sp³-hybridized carbons (Fsp3) is 0.417. The third-order valence-corrected chi connectivity index (χ3v) is 2.43. The maximum atomic E-state index is 10.3. The van der Waals surface area contributed by atoms with E-state index in [1.54, 1.807) is 0 Å². The van der Waals surface area contributed by atoms with E-state index in [0.717, 1.165) is 6.41 Å². The van der Waals surface area contributed by atoms with Crippen LogP contribution >= 0.6 is 0 Å². The smallest absolute Gasteiger partial charge is 0.207 e. The highest BCUT2D eigenvalue weighted by atomic mass is 16.1. The molecule has 0 aromatic heterocycles. The fourth-order valence-corrected chi connectivity index (χ4v) is 1.65. The van der Waals surface area contributed by atoms with Crippen LogP contribution in [0.4, 0.5) is 0 Å². The quantitative estimate of drug-likeness (QED) is 0.727. The molecule has 2 heteroatoms. The van der Waals surface area contributed by atoms with Crippen LogP contribution < -0.4 is 5.32 Å². The van der Waals surface area contributed by atoms with E-state index in [9.17, 15) is 4.79 Å². The highest BCUT2D eigenvalue weighted by Gasteiger charge is 2.07. The summed E-state index contributed by atoms with van der Waals surface area (Å²) in [5, 5.41) is 2.72. The van der Waals surface area contributed by atoms with Crippen molar-refractivity contribution in [3.8, 4) is 0 Å². The minimum atomic E-state index is 0.498. The van der Waals surface area contributed by atoms with E-state index >= 15 is 0 Å². The molecule has 0 bridgehead atoms. The summed E-state index contributed by atoms with van der Waals surface area (Å²) in [7, 11) is 0. The van der Waals surface area contributed by atoms with Gasteiger partial charge in [0.15, 0.2) is 0 Å². The van der Waals surface area contributed by atoms with E-state index in [1.807, 2.05) is 0 Å². The first-order valence-electron chi connectivity index (χ1n) is 4.92. The van der Waals surface area contributed by atoms with Crippen molar-refractivity contribution in [3.63, 3.8) is 0 Å². The van der Waals surface area contributed by atoms with Gasteiger partial charge in [-0.1, -0.05) is 32.0 Å². The first kappa shape index (κ1) is 10.8. The molecule has 0 aliphatic rings. The van der Waals surface area contributed by atoms with Gasteiger partial charge in [0.05, 0.1) is 0 Å². The monoisotopic (exact) mass is 191 g/mol. The number of rotatable bonds is 4. The van der Waals surface area contributed by atoms with Crippen LogP contribution in [0.25, 0.3) is 0 Å². The number of aryl methyl sites for hydroxylation is 1. The van der Waals surface area contributed by atoms with E-state index in [4.69, 9.17) is 0 Å². The molecule has 0 atom stereocenters. The van der Waals surface area contributed by atoms with Gasteiger partial charge in [0.2, 0.25) is 6.41 Å². The lowest BCUT2D eigenvalue weighted by molar-refractivity contribution is -0.109. The normalized spacial score (nSPS) is 10.3. The van der Waals surface area contributed by atoms with Crippen molar-refractivity contribution in [1.29, 1.82) is 0 Å². The Labute approximate surface area is 85.3 Å². The molecular formula is C12H17NO. The molecule has 0 saturated heterocycles. The Balaban J connectivity index is 3.02. The number of carbonyl (C=O) groups is 1. The summed E-state index contributed by atoms with van der Waals surface area (Å²) in [5.74, 6) is 0.498. The van der Waals surface area contributed by atoms with Gasteiger partial charge in [-0.2, -0.15) is 0 Å². The van der Waals surface area contributed by atoms with Crippen molar-refractivity contribution < 1.29 is 4.79 Å². The highest BCUT2D eigenvalue weighted by Crippen LogP contribution is 2.21. The van der Waals surface area contributed by atoms with Gasteiger partial charge in [-0.3, -0.25) is 4.79 Å². The number of hydrogen-bond donors (Lipinski definition) is 1. The molecule has 0 radical (unpaired) electrons. The van der Waals surface area contributed by atoms with Crippen molar-refractivity contribution in [3.05, 3.63) is 34.9 Å². The maximum Gasteiger partial charge on any atom is 0.207 e. The van der Waals surface area contributed by atoms with Gasteiger partial charge in [-0.25, -0.2) is 0 Å². The second-order valence-electron chi connectivity index (χ2n) is 3.80. The Morgan fingerprint density at radius 3 is 2.71 bits per heavy atom. The van der Waals surface area contributed by atoms with Crippen LogP contribution in [-0.2, 0) is 11.3 Å². The average molecular weight is 191 g/mol. The third kappa shape index (κ3) is 2.34. The Morgan fingerprint density at radius 1 is 1.43 bits per heavy atom. The largest absolute Gasteiger partial charge is 0.355 e. The van der Waals surface area contributed by atoms with E-state index in [-0.39, 0.29) is 0 Å². The van der Waals surface area contributed by atoms with Crippen molar-refractivity contribution in [2.75, 3.05) is 0 Å². The van der Waals surface area contributed by atoms with Gasteiger partial charge in [0.1, 0.15) is 0 Å². The molecular weight excluding hydrogens is 174 g/mol. The lowest BCUT2D eigenvalue weighted by Gasteiger charge is -2.14.